The lowest BCUT2D eigenvalue weighted by atomic mass is 9.85. The number of carbonyl (C=O) groups is 4. The number of carbonyl (C=O) groups excluding carboxylic acids is 4. The van der Waals surface area contributed by atoms with E-state index in [1.54, 1.807) is 36.4 Å². The van der Waals surface area contributed by atoms with Crippen molar-refractivity contribution in [2.45, 2.75) is 0 Å². The molecule has 24 heavy (non-hydrogen) atoms. The average Bonchev–Trinajstić information content (AvgIpc) is 2.61. The van der Waals surface area contributed by atoms with Crippen molar-refractivity contribution in [3.05, 3.63) is 83.0 Å². The molecule has 0 saturated heterocycles. The maximum atomic E-state index is 12.3. The van der Waals surface area contributed by atoms with Crippen LogP contribution >= 0.6 is 0 Å². The molecular weight excluding hydrogens is 304 g/mol. The van der Waals surface area contributed by atoms with Gasteiger partial charge in [0.1, 0.15) is 0 Å². The Balaban J connectivity index is 1.94. The largest absolute Gasteiger partial charge is 0.289 e. The first kappa shape index (κ1) is 14.2. The summed E-state index contributed by atoms with van der Waals surface area (Å²) in [5, 5.41) is 0. The van der Waals surface area contributed by atoms with Gasteiger partial charge >= 0.3 is 0 Å². The normalized spacial score (nSPS) is 15.5. The van der Waals surface area contributed by atoms with E-state index in [0.717, 1.165) is 0 Å². The highest BCUT2D eigenvalue weighted by molar-refractivity contribution is 6.25. The fraction of sp³-hybridized carbons (Fsp3) is 0. The summed E-state index contributed by atoms with van der Waals surface area (Å²) < 4.78 is 0. The number of rotatable bonds is 1. The number of ketones is 4. The third-order valence-electron chi connectivity index (χ3n) is 4.21. The Hall–Kier alpha value is -3.40. The first-order valence-corrected chi connectivity index (χ1v) is 7.37. The molecule has 0 bridgehead atoms. The van der Waals surface area contributed by atoms with Crippen LogP contribution < -0.4 is 0 Å². The Labute approximate surface area is 137 Å². The van der Waals surface area contributed by atoms with E-state index in [9.17, 15) is 19.2 Å². The Morgan fingerprint density at radius 1 is 0.500 bits per heavy atom. The van der Waals surface area contributed by atoms with Gasteiger partial charge in [-0.25, -0.2) is 0 Å². The van der Waals surface area contributed by atoms with Crippen molar-refractivity contribution >= 4 is 23.1 Å². The van der Waals surface area contributed by atoms with Gasteiger partial charge in [0.15, 0.2) is 23.1 Å². The van der Waals surface area contributed by atoms with Crippen molar-refractivity contribution in [2.75, 3.05) is 0 Å². The van der Waals surface area contributed by atoms with Gasteiger partial charge in [0.25, 0.3) is 0 Å². The van der Waals surface area contributed by atoms with E-state index in [2.05, 4.69) is 0 Å². The molecule has 2 aromatic carbocycles. The zero-order valence-corrected chi connectivity index (χ0v) is 12.4. The van der Waals surface area contributed by atoms with Gasteiger partial charge in [0, 0.05) is 22.3 Å². The number of fused-ring (bicyclic) bond motifs is 2. The molecule has 0 atom stereocenters. The van der Waals surface area contributed by atoms with E-state index in [4.69, 9.17) is 0 Å². The van der Waals surface area contributed by atoms with Crippen molar-refractivity contribution in [1.29, 1.82) is 0 Å². The SMILES string of the molecule is O=C1C=CC(=O)c2cc(-c3cccc4c3C(=O)C=CC4=O)ccc21. The van der Waals surface area contributed by atoms with Crippen LogP contribution in [0.15, 0.2) is 60.7 Å². The molecule has 0 aliphatic heterocycles. The summed E-state index contributed by atoms with van der Waals surface area (Å²) in [4.78, 5) is 48.2. The fourth-order valence-electron chi connectivity index (χ4n) is 3.05. The van der Waals surface area contributed by atoms with Gasteiger partial charge < -0.3 is 0 Å². The molecule has 2 aliphatic rings. The van der Waals surface area contributed by atoms with Crippen LogP contribution in [0.1, 0.15) is 41.4 Å². The quantitative estimate of drug-likeness (QED) is 0.810. The molecule has 0 fully saturated rings. The molecule has 2 aromatic rings. The highest BCUT2D eigenvalue weighted by Crippen LogP contribution is 2.31. The smallest absolute Gasteiger partial charge is 0.187 e. The summed E-state index contributed by atoms with van der Waals surface area (Å²) in [7, 11) is 0. The highest BCUT2D eigenvalue weighted by Gasteiger charge is 2.24. The van der Waals surface area contributed by atoms with Crippen LogP contribution in [0.25, 0.3) is 11.1 Å². The van der Waals surface area contributed by atoms with E-state index < -0.39 is 0 Å². The lowest BCUT2D eigenvalue weighted by Crippen LogP contribution is -2.14. The molecule has 0 aromatic heterocycles. The van der Waals surface area contributed by atoms with Crippen LogP contribution in [-0.4, -0.2) is 23.1 Å². The van der Waals surface area contributed by atoms with Gasteiger partial charge in [0.2, 0.25) is 0 Å². The zero-order chi connectivity index (χ0) is 16.8. The molecule has 114 valence electrons. The Morgan fingerprint density at radius 3 is 1.83 bits per heavy atom. The predicted molar refractivity (Wildman–Crippen MR) is 87.5 cm³/mol. The van der Waals surface area contributed by atoms with Gasteiger partial charge in [-0.05, 0) is 47.6 Å². The van der Waals surface area contributed by atoms with Gasteiger partial charge in [-0.1, -0.05) is 24.3 Å². The third kappa shape index (κ3) is 2.01. The first-order chi connectivity index (χ1) is 11.6. The molecule has 0 amide bonds. The molecule has 4 rings (SSSR count). The second-order valence-electron chi connectivity index (χ2n) is 5.61. The second kappa shape index (κ2) is 5.06. The minimum atomic E-state index is -0.251. The van der Waals surface area contributed by atoms with Crippen molar-refractivity contribution in [3.8, 4) is 11.1 Å². The van der Waals surface area contributed by atoms with Crippen LogP contribution in [0.2, 0.25) is 0 Å². The zero-order valence-electron chi connectivity index (χ0n) is 12.4. The molecule has 0 unspecified atom stereocenters. The number of allylic oxidation sites excluding steroid dienone is 4. The van der Waals surface area contributed by atoms with Crippen LogP contribution in [0, 0.1) is 0 Å². The van der Waals surface area contributed by atoms with E-state index in [1.807, 2.05) is 0 Å². The predicted octanol–water partition coefficient (Wildman–Crippen LogP) is 3.22. The second-order valence-corrected chi connectivity index (χ2v) is 5.61. The summed E-state index contributed by atoms with van der Waals surface area (Å²) in [6.07, 6.45) is 5.01. The van der Waals surface area contributed by atoms with Crippen molar-refractivity contribution in [2.24, 2.45) is 0 Å². The van der Waals surface area contributed by atoms with Gasteiger partial charge in [0.05, 0.1) is 0 Å². The minimum Gasteiger partial charge on any atom is -0.289 e. The topological polar surface area (TPSA) is 68.3 Å². The first-order valence-electron chi connectivity index (χ1n) is 7.37. The highest BCUT2D eigenvalue weighted by atomic mass is 16.1. The number of hydrogen-bond donors (Lipinski definition) is 0. The molecule has 4 heteroatoms. The maximum absolute atomic E-state index is 12.3. The average molecular weight is 314 g/mol. The summed E-state index contributed by atoms with van der Waals surface area (Å²) in [5.74, 6) is -0.946. The van der Waals surface area contributed by atoms with Crippen LogP contribution in [0.5, 0.6) is 0 Å². The molecule has 2 aliphatic carbocycles. The van der Waals surface area contributed by atoms with E-state index >= 15 is 0 Å². The van der Waals surface area contributed by atoms with Gasteiger partial charge in [-0.3, -0.25) is 19.2 Å². The number of benzene rings is 2. The Bertz CT molecular complexity index is 1020. The van der Waals surface area contributed by atoms with E-state index in [-0.39, 0.29) is 23.1 Å². The van der Waals surface area contributed by atoms with Crippen molar-refractivity contribution in [3.63, 3.8) is 0 Å². The Kier molecular flexibility index (Phi) is 3.00. The molecule has 0 heterocycles. The lowest BCUT2D eigenvalue weighted by molar-refractivity contribution is 0.0994. The standard InChI is InChI=1S/C20H10O4/c21-16-6-7-18(23)15-10-11(4-5-13(15)16)12-2-1-3-14-17(22)8-9-19(24)20(12)14/h1-10H. The maximum Gasteiger partial charge on any atom is 0.187 e. The van der Waals surface area contributed by atoms with Crippen molar-refractivity contribution in [1.82, 2.24) is 0 Å². The molecule has 0 N–H and O–H groups in total. The summed E-state index contributed by atoms with van der Waals surface area (Å²) >= 11 is 0. The molecular formula is C20H10O4. The van der Waals surface area contributed by atoms with Crippen LogP contribution in [0.3, 0.4) is 0 Å². The monoisotopic (exact) mass is 314 g/mol. The summed E-state index contributed by atoms with van der Waals surface area (Å²) in [6, 6.07) is 9.91. The Morgan fingerprint density at radius 2 is 1.08 bits per heavy atom. The summed E-state index contributed by atoms with van der Waals surface area (Å²) in [5.41, 5.74) is 2.53. The van der Waals surface area contributed by atoms with Crippen LogP contribution in [0.4, 0.5) is 0 Å². The third-order valence-corrected chi connectivity index (χ3v) is 4.21. The molecule has 0 spiro atoms. The lowest BCUT2D eigenvalue weighted by Gasteiger charge is -2.16. The molecule has 4 nitrogen and oxygen atoms in total. The molecule has 0 radical (unpaired) electrons. The van der Waals surface area contributed by atoms with Crippen molar-refractivity contribution < 1.29 is 19.2 Å². The fourth-order valence-corrected chi connectivity index (χ4v) is 3.05. The van der Waals surface area contributed by atoms with Gasteiger partial charge in [-0.2, -0.15) is 0 Å². The van der Waals surface area contributed by atoms with Crippen LogP contribution in [-0.2, 0) is 0 Å². The minimum absolute atomic E-state index is 0.222. The number of hydrogen-bond acceptors (Lipinski definition) is 4. The van der Waals surface area contributed by atoms with Gasteiger partial charge in [-0.15, -0.1) is 0 Å². The van der Waals surface area contributed by atoms with E-state index in [0.29, 0.717) is 33.4 Å². The van der Waals surface area contributed by atoms with E-state index in [1.165, 1.54) is 24.3 Å². The molecule has 0 saturated carbocycles. The summed E-state index contributed by atoms with van der Waals surface area (Å²) in [6.45, 7) is 0.